The van der Waals surface area contributed by atoms with Crippen LogP contribution in [-0.2, 0) is 10.0 Å². The first-order valence-electron chi connectivity index (χ1n) is 6.99. The normalized spacial score (nSPS) is 12.5. The van der Waals surface area contributed by atoms with Crippen molar-refractivity contribution in [1.82, 2.24) is 5.32 Å². The summed E-state index contributed by atoms with van der Waals surface area (Å²) in [4.78, 5) is 12.1. The summed E-state index contributed by atoms with van der Waals surface area (Å²) in [6.45, 7) is 1.81. The second-order valence-electron chi connectivity index (χ2n) is 5.16. The molecule has 0 saturated heterocycles. The Morgan fingerprint density at radius 2 is 1.83 bits per heavy atom. The van der Waals surface area contributed by atoms with Crippen molar-refractivity contribution in [2.75, 3.05) is 7.11 Å². The van der Waals surface area contributed by atoms with Crippen LogP contribution in [0.1, 0.15) is 28.9 Å². The maximum absolute atomic E-state index is 12.4. The zero-order valence-electron chi connectivity index (χ0n) is 13.1. The maximum Gasteiger partial charge on any atom is 0.251 e. The van der Waals surface area contributed by atoms with Gasteiger partial charge in [-0.05, 0) is 42.8 Å². The van der Waals surface area contributed by atoms with Crippen LogP contribution in [0.5, 0.6) is 5.75 Å². The van der Waals surface area contributed by atoms with Gasteiger partial charge in [-0.1, -0.05) is 23.7 Å². The average Bonchev–Trinajstić information content (AvgIpc) is 2.53. The van der Waals surface area contributed by atoms with Crippen molar-refractivity contribution in [2.45, 2.75) is 17.9 Å². The lowest BCUT2D eigenvalue weighted by Gasteiger charge is -2.15. The van der Waals surface area contributed by atoms with Crippen molar-refractivity contribution < 1.29 is 17.9 Å². The molecular weight excluding hydrogens is 352 g/mol. The van der Waals surface area contributed by atoms with E-state index in [2.05, 4.69) is 5.32 Å². The molecule has 0 aliphatic carbocycles. The average molecular weight is 369 g/mol. The zero-order valence-corrected chi connectivity index (χ0v) is 14.7. The molecule has 3 N–H and O–H groups in total. The molecule has 2 rings (SSSR count). The van der Waals surface area contributed by atoms with Gasteiger partial charge in [0.1, 0.15) is 10.6 Å². The smallest absolute Gasteiger partial charge is 0.251 e. The number of ether oxygens (including phenoxy) is 1. The molecule has 24 heavy (non-hydrogen) atoms. The van der Waals surface area contributed by atoms with E-state index in [0.717, 1.165) is 5.56 Å². The Morgan fingerprint density at radius 3 is 2.38 bits per heavy atom. The minimum absolute atomic E-state index is 0.0831. The lowest BCUT2D eigenvalue weighted by Crippen LogP contribution is -2.27. The fraction of sp³-hybridized carbons (Fsp3) is 0.188. The minimum atomic E-state index is -4.01. The largest absolute Gasteiger partial charge is 0.495 e. The van der Waals surface area contributed by atoms with Gasteiger partial charge >= 0.3 is 0 Å². The van der Waals surface area contributed by atoms with Gasteiger partial charge in [0.2, 0.25) is 10.0 Å². The predicted molar refractivity (Wildman–Crippen MR) is 91.7 cm³/mol. The molecule has 2 aromatic carbocycles. The van der Waals surface area contributed by atoms with Crippen molar-refractivity contribution in [3.63, 3.8) is 0 Å². The molecule has 2 aromatic rings. The summed E-state index contributed by atoms with van der Waals surface area (Å²) in [5.74, 6) is -0.343. The molecule has 0 spiro atoms. The van der Waals surface area contributed by atoms with Crippen LogP contribution in [-0.4, -0.2) is 21.4 Å². The molecule has 1 unspecified atom stereocenters. The fourth-order valence-corrected chi connectivity index (χ4v) is 3.00. The number of benzene rings is 2. The quantitative estimate of drug-likeness (QED) is 0.846. The molecule has 0 bridgehead atoms. The Balaban J connectivity index is 2.25. The summed E-state index contributed by atoms with van der Waals surface area (Å²) in [7, 11) is -2.68. The van der Waals surface area contributed by atoms with Crippen LogP contribution < -0.4 is 15.2 Å². The molecule has 128 valence electrons. The highest BCUT2D eigenvalue weighted by Gasteiger charge is 2.19. The summed E-state index contributed by atoms with van der Waals surface area (Å²) in [6.07, 6.45) is 0. The Kier molecular flexibility index (Phi) is 5.48. The van der Waals surface area contributed by atoms with Gasteiger partial charge in [0.15, 0.2) is 0 Å². The number of carbonyl (C=O) groups excluding carboxylic acids is 1. The van der Waals surface area contributed by atoms with Crippen molar-refractivity contribution in [2.24, 2.45) is 5.14 Å². The van der Waals surface area contributed by atoms with E-state index in [1.54, 1.807) is 24.3 Å². The molecule has 1 amide bonds. The monoisotopic (exact) mass is 368 g/mol. The van der Waals surface area contributed by atoms with E-state index in [1.807, 2.05) is 6.92 Å². The molecule has 6 nitrogen and oxygen atoms in total. The Hall–Kier alpha value is -2.09. The number of nitrogens with one attached hydrogen (secondary N) is 1. The number of hydrogen-bond acceptors (Lipinski definition) is 4. The van der Waals surface area contributed by atoms with Gasteiger partial charge in [-0.25, -0.2) is 13.6 Å². The number of carbonyl (C=O) groups is 1. The van der Waals surface area contributed by atoms with E-state index in [1.165, 1.54) is 25.3 Å². The molecule has 0 fully saturated rings. The van der Waals surface area contributed by atoms with Gasteiger partial charge < -0.3 is 10.1 Å². The van der Waals surface area contributed by atoms with Crippen LogP contribution in [0.2, 0.25) is 5.02 Å². The van der Waals surface area contributed by atoms with Crippen LogP contribution in [0, 0.1) is 0 Å². The van der Waals surface area contributed by atoms with Gasteiger partial charge in [0, 0.05) is 10.6 Å². The van der Waals surface area contributed by atoms with Crippen molar-refractivity contribution in [3.05, 3.63) is 58.6 Å². The number of primary sulfonamides is 1. The highest BCUT2D eigenvalue weighted by Crippen LogP contribution is 2.24. The molecule has 0 heterocycles. The number of sulfonamides is 1. The first-order chi connectivity index (χ1) is 11.2. The molecule has 0 radical (unpaired) electrons. The van der Waals surface area contributed by atoms with Crippen LogP contribution >= 0.6 is 11.6 Å². The van der Waals surface area contributed by atoms with Crippen molar-refractivity contribution >= 4 is 27.5 Å². The topological polar surface area (TPSA) is 98.5 Å². The molecule has 1 atom stereocenters. The SMILES string of the molecule is COc1ccc(C(=O)NC(C)c2ccc(Cl)cc2)cc1S(N)(=O)=O. The Labute approximate surface area is 145 Å². The fourth-order valence-electron chi connectivity index (χ4n) is 2.16. The van der Waals surface area contributed by atoms with Crippen LogP contribution in [0.15, 0.2) is 47.4 Å². The first kappa shape index (κ1) is 18.3. The molecular formula is C16H17ClN2O4S. The second-order valence-corrected chi connectivity index (χ2v) is 7.12. The molecule has 0 aliphatic rings. The van der Waals surface area contributed by atoms with E-state index in [9.17, 15) is 13.2 Å². The van der Waals surface area contributed by atoms with Crippen LogP contribution in [0.25, 0.3) is 0 Å². The number of hydrogen-bond donors (Lipinski definition) is 2. The van der Waals surface area contributed by atoms with E-state index < -0.39 is 15.9 Å². The van der Waals surface area contributed by atoms with Gasteiger partial charge in [0.05, 0.1) is 13.2 Å². The van der Waals surface area contributed by atoms with Crippen LogP contribution in [0.3, 0.4) is 0 Å². The third-order valence-electron chi connectivity index (χ3n) is 3.45. The molecule has 0 aliphatic heterocycles. The lowest BCUT2D eigenvalue weighted by atomic mass is 10.1. The predicted octanol–water partition coefficient (Wildman–Crippen LogP) is 2.49. The van der Waals surface area contributed by atoms with Crippen LogP contribution in [0.4, 0.5) is 0 Å². The Morgan fingerprint density at radius 1 is 1.21 bits per heavy atom. The standard InChI is InChI=1S/C16H17ClN2O4S/c1-10(11-3-6-13(17)7-4-11)19-16(20)12-5-8-14(23-2)15(9-12)24(18,21)22/h3-10H,1-2H3,(H,19,20)(H2,18,21,22). The van der Waals surface area contributed by atoms with Gasteiger partial charge in [0.25, 0.3) is 5.91 Å². The number of nitrogens with two attached hydrogens (primary N) is 1. The van der Waals surface area contributed by atoms with E-state index in [0.29, 0.717) is 5.02 Å². The van der Waals surface area contributed by atoms with E-state index in [-0.39, 0.29) is 22.3 Å². The van der Waals surface area contributed by atoms with Gasteiger partial charge in [-0.2, -0.15) is 0 Å². The second kappa shape index (κ2) is 7.21. The summed E-state index contributed by atoms with van der Waals surface area (Å²) in [5, 5.41) is 8.55. The third kappa shape index (κ3) is 4.25. The summed E-state index contributed by atoms with van der Waals surface area (Å²) < 4.78 is 28.2. The lowest BCUT2D eigenvalue weighted by molar-refractivity contribution is 0.0939. The van der Waals surface area contributed by atoms with Gasteiger partial charge in [-0.3, -0.25) is 4.79 Å². The summed E-state index contributed by atoms with van der Waals surface area (Å²) >= 11 is 5.84. The summed E-state index contributed by atoms with van der Waals surface area (Å²) in [6, 6.07) is 10.8. The number of halogens is 1. The molecule has 0 saturated carbocycles. The van der Waals surface area contributed by atoms with Crippen molar-refractivity contribution in [3.8, 4) is 5.75 Å². The summed E-state index contributed by atoms with van der Waals surface area (Å²) in [5.41, 5.74) is 1.04. The highest BCUT2D eigenvalue weighted by atomic mass is 35.5. The molecule has 8 heteroatoms. The first-order valence-corrected chi connectivity index (χ1v) is 8.92. The number of rotatable bonds is 5. The third-order valence-corrected chi connectivity index (χ3v) is 4.63. The number of methoxy groups -OCH3 is 1. The van der Waals surface area contributed by atoms with E-state index >= 15 is 0 Å². The highest BCUT2D eigenvalue weighted by molar-refractivity contribution is 7.89. The number of amides is 1. The maximum atomic E-state index is 12.4. The molecule has 0 aromatic heterocycles. The van der Waals surface area contributed by atoms with E-state index in [4.69, 9.17) is 21.5 Å². The Bertz CT molecular complexity index is 851. The zero-order chi connectivity index (χ0) is 17.9. The minimum Gasteiger partial charge on any atom is -0.495 e. The van der Waals surface area contributed by atoms with Crippen molar-refractivity contribution in [1.29, 1.82) is 0 Å². The van der Waals surface area contributed by atoms with Gasteiger partial charge in [-0.15, -0.1) is 0 Å².